The predicted octanol–water partition coefficient (Wildman–Crippen LogP) is 7.23. The van der Waals surface area contributed by atoms with E-state index in [2.05, 4.69) is 44.0 Å². The number of hydrogen-bond donors (Lipinski definition) is 3. The van der Waals surface area contributed by atoms with E-state index in [1.54, 1.807) is 42.9 Å². The average molecular weight is 508 g/mol. The van der Waals surface area contributed by atoms with Crippen molar-refractivity contribution in [3.63, 3.8) is 0 Å². The molecule has 0 aliphatic carbocycles. The minimum atomic E-state index is -0.402. The van der Waals surface area contributed by atoms with Crippen molar-refractivity contribution in [2.75, 3.05) is 5.32 Å². The van der Waals surface area contributed by atoms with Crippen LogP contribution in [0.3, 0.4) is 0 Å². The molecule has 0 atom stereocenters. The first-order valence-electron chi connectivity index (χ1n) is 12.2. The Morgan fingerprint density at radius 2 is 1.89 bits per heavy atom. The molecular formula is C29H23F2N7. The van der Waals surface area contributed by atoms with E-state index in [1.807, 2.05) is 6.07 Å². The van der Waals surface area contributed by atoms with E-state index in [0.29, 0.717) is 50.3 Å². The first-order chi connectivity index (χ1) is 18.5. The highest BCUT2D eigenvalue weighted by atomic mass is 19.1. The van der Waals surface area contributed by atoms with Crippen LogP contribution in [0.5, 0.6) is 0 Å². The number of halogens is 2. The molecule has 4 aromatic heterocycles. The second kappa shape index (κ2) is 9.51. The van der Waals surface area contributed by atoms with Gasteiger partial charge in [0.25, 0.3) is 0 Å². The van der Waals surface area contributed by atoms with Crippen LogP contribution in [-0.2, 0) is 0 Å². The van der Waals surface area contributed by atoms with Gasteiger partial charge in [0.2, 0.25) is 0 Å². The third-order valence-electron chi connectivity index (χ3n) is 6.30. The zero-order valence-electron chi connectivity index (χ0n) is 20.5. The fourth-order valence-electron chi connectivity index (χ4n) is 4.56. The zero-order valence-corrected chi connectivity index (χ0v) is 20.5. The molecule has 3 N–H and O–H groups in total. The van der Waals surface area contributed by atoms with Crippen molar-refractivity contribution < 1.29 is 8.78 Å². The topological polar surface area (TPSA) is 95.2 Å². The number of nitrogens with zero attached hydrogens (tertiary/aromatic N) is 4. The van der Waals surface area contributed by atoms with Gasteiger partial charge in [0.1, 0.15) is 22.8 Å². The van der Waals surface area contributed by atoms with Crippen LogP contribution in [-0.4, -0.2) is 30.1 Å². The molecule has 0 amide bonds. The van der Waals surface area contributed by atoms with Crippen LogP contribution in [0.4, 0.5) is 14.5 Å². The standard InChI is InChI=1S/C29H23F2N7/c1-3-5-16(2)34-20-11-18(14-32-15-20)21-12-22-25(13-23(21)31)37-38-27(22)29-35-24-8-9-33-26(28(24)36-29)17-6-4-7-19(30)10-17/h4,6-15,34H,2-3,5H2,1H3,(H,35,36)(H,37,38). The number of fused-ring (bicyclic) bond motifs is 2. The number of imidazole rings is 1. The molecule has 0 aliphatic heterocycles. The molecule has 0 bridgehead atoms. The number of anilines is 1. The molecule has 0 unspecified atom stereocenters. The Kier molecular flexibility index (Phi) is 5.88. The summed E-state index contributed by atoms with van der Waals surface area (Å²) in [6.07, 6.45) is 6.74. The van der Waals surface area contributed by atoms with Gasteiger partial charge in [-0.15, -0.1) is 0 Å². The lowest BCUT2D eigenvalue weighted by Gasteiger charge is -2.10. The summed E-state index contributed by atoms with van der Waals surface area (Å²) in [5.41, 5.74) is 6.15. The molecule has 0 fully saturated rings. The summed E-state index contributed by atoms with van der Waals surface area (Å²) in [4.78, 5) is 16.8. The van der Waals surface area contributed by atoms with E-state index in [1.165, 1.54) is 18.2 Å². The molecule has 7 nitrogen and oxygen atoms in total. The lowest BCUT2D eigenvalue weighted by Crippen LogP contribution is -1.98. The maximum atomic E-state index is 15.2. The Morgan fingerprint density at radius 1 is 1.00 bits per heavy atom. The Balaban J connectivity index is 1.43. The van der Waals surface area contributed by atoms with Crippen molar-refractivity contribution in [3.8, 4) is 33.9 Å². The van der Waals surface area contributed by atoms with Gasteiger partial charge in [0, 0.05) is 46.2 Å². The van der Waals surface area contributed by atoms with Gasteiger partial charge in [0.15, 0.2) is 5.82 Å². The fraction of sp³-hybridized carbons (Fsp3) is 0.103. The Bertz CT molecular complexity index is 1820. The predicted molar refractivity (Wildman–Crippen MR) is 145 cm³/mol. The van der Waals surface area contributed by atoms with Crippen molar-refractivity contribution in [1.29, 1.82) is 0 Å². The molecule has 0 aliphatic rings. The average Bonchev–Trinajstić information content (AvgIpc) is 3.52. The first-order valence-corrected chi connectivity index (χ1v) is 12.2. The van der Waals surface area contributed by atoms with E-state index in [9.17, 15) is 4.39 Å². The van der Waals surface area contributed by atoms with Gasteiger partial charge in [-0.3, -0.25) is 15.1 Å². The van der Waals surface area contributed by atoms with E-state index >= 15 is 4.39 Å². The van der Waals surface area contributed by atoms with Crippen molar-refractivity contribution in [2.45, 2.75) is 19.8 Å². The number of nitrogens with one attached hydrogen (secondary N) is 3. The second-order valence-electron chi connectivity index (χ2n) is 9.04. The summed E-state index contributed by atoms with van der Waals surface area (Å²) >= 11 is 0. The normalized spacial score (nSPS) is 11.3. The van der Waals surface area contributed by atoms with Gasteiger partial charge in [-0.2, -0.15) is 5.10 Å². The number of hydrogen-bond acceptors (Lipinski definition) is 5. The largest absolute Gasteiger partial charge is 0.358 e. The van der Waals surface area contributed by atoms with Gasteiger partial charge in [-0.25, -0.2) is 13.8 Å². The molecule has 188 valence electrons. The summed E-state index contributed by atoms with van der Waals surface area (Å²) < 4.78 is 29.1. The van der Waals surface area contributed by atoms with Crippen LogP contribution in [0.1, 0.15) is 19.8 Å². The van der Waals surface area contributed by atoms with E-state index in [0.717, 1.165) is 29.7 Å². The number of aromatic amines is 2. The zero-order chi connectivity index (χ0) is 26.2. The summed E-state index contributed by atoms with van der Waals surface area (Å²) in [6, 6.07) is 13.0. The molecular weight excluding hydrogens is 484 g/mol. The Hall–Kier alpha value is -4.92. The monoisotopic (exact) mass is 507 g/mol. The van der Waals surface area contributed by atoms with Crippen molar-refractivity contribution >= 4 is 27.6 Å². The fourth-order valence-corrected chi connectivity index (χ4v) is 4.56. The lowest BCUT2D eigenvalue weighted by atomic mass is 10.0. The SMILES string of the molecule is C=C(CCC)Nc1cncc(-c2cc3c(-c4nc5c(-c6cccc(F)c6)nccc5[nH]4)n[nH]c3cc2F)c1. The maximum absolute atomic E-state index is 15.2. The second-order valence-corrected chi connectivity index (χ2v) is 9.04. The third kappa shape index (κ3) is 4.28. The first kappa shape index (κ1) is 23.5. The highest BCUT2D eigenvalue weighted by Crippen LogP contribution is 2.34. The molecule has 0 saturated heterocycles. The van der Waals surface area contributed by atoms with Gasteiger partial charge in [0.05, 0.1) is 28.6 Å². The maximum Gasteiger partial charge on any atom is 0.159 e. The molecule has 9 heteroatoms. The smallest absolute Gasteiger partial charge is 0.159 e. The summed E-state index contributed by atoms with van der Waals surface area (Å²) in [6.45, 7) is 6.11. The highest BCUT2D eigenvalue weighted by Gasteiger charge is 2.18. The molecule has 0 radical (unpaired) electrons. The number of benzene rings is 2. The molecule has 0 spiro atoms. The van der Waals surface area contributed by atoms with Crippen LogP contribution in [0.15, 0.2) is 79.4 Å². The molecule has 38 heavy (non-hydrogen) atoms. The quantitative estimate of drug-likeness (QED) is 0.212. The van der Waals surface area contributed by atoms with Crippen molar-refractivity contribution in [1.82, 2.24) is 30.1 Å². The molecule has 2 aromatic carbocycles. The Labute approximate surface area is 216 Å². The number of aromatic nitrogens is 6. The number of rotatable bonds is 7. The van der Waals surface area contributed by atoms with Crippen LogP contribution in [0.2, 0.25) is 0 Å². The van der Waals surface area contributed by atoms with E-state index in [-0.39, 0.29) is 5.82 Å². The van der Waals surface area contributed by atoms with E-state index < -0.39 is 5.82 Å². The van der Waals surface area contributed by atoms with Crippen LogP contribution in [0, 0.1) is 11.6 Å². The van der Waals surface area contributed by atoms with Gasteiger partial charge in [-0.05, 0) is 36.8 Å². The Morgan fingerprint density at radius 3 is 2.74 bits per heavy atom. The van der Waals surface area contributed by atoms with Crippen molar-refractivity contribution in [3.05, 3.63) is 91.0 Å². The van der Waals surface area contributed by atoms with Gasteiger partial charge in [-0.1, -0.05) is 32.1 Å². The molecule has 0 saturated carbocycles. The summed E-state index contributed by atoms with van der Waals surface area (Å²) in [5.74, 6) is -0.270. The van der Waals surface area contributed by atoms with Crippen molar-refractivity contribution in [2.24, 2.45) is 0 Å². The van der Waals surface area contributed by atoms with E-state index in [4.69, 9.17) is 4.98 Å². The van der Waals surface area contributed by atoms with Crippen LogP contribution >= 0.6 is 0 Å². The highest BCUT2D eigenvalue weighted by molar-refractivity contribution is 5.97. The van der Waals surface area contributed by atoms with Gasteiger partial charge < -0.3 is 10.3 Å². The molecule has 6 aromatic rings. The molecule has 6 rings (SSSR count). The number of H-pyrrole nitrogens is 2. The number of allylic oxidation sites excluding steroid dienone is 1. The third-order valence-corrected chi connectivity index (χ3v) is 6.30. The summed E-state index contributed by atoms with van der Waals surface area (Å²) in [5, 5.41) is 11.3. The molecule has 4 heterocycles. The summed E-state index contributed by atoms with van der Waals surface area (Å²) in [7, 11) is 0. The van der Waals surface area contributed by atoms with Gasteiger partial charge >= 0.3 is 0 Å². The number of pyridine rings is 2. The minimum absolute atomic E-state index is 0.353. The minimum Gasteiger partial charge on any atom is -0.358 e. The van der Waals surface area contributed by atoms with Crippen LogP contribution in [0.25, 0.3) is 55.8 Å². The lowest BCUT2D eigenvalue weighted by molar-refractivity contribution is 0.628. The van der Waals surface area contributed by atoms with Crippen LogP contribution < -0.4 is 5.32 Å².